The van der Waals surface area contributed by atoms with Crippen molar-refractivity contribution in [1.29, 1.82) is 0 Å². The zero-order valence-corrected chi connectivity index (χ0v) is 11.0. The molecule has 0 unspecified atom stereocenters. The Morgan fingerprint density at radius 1 is 1.28 bits per heavy atom. The minimum Gasteiger partial charge on any atom is -0.464 e. The Morgan fingerprint density at radius 3 is 2.89 bits per heavy atom. The maximum Gasteiger partial charge on any atom is 0.217 e. The van der Waals surface area contributed by atoms with Crippen LogP contribution in [0.4, 0.5) is 0 Å². The van der Waals surface area contributed by atoms with Crippen LogP contribution in [0.25, 0.3) is 0 Å². The molecule has 1 fully saturated rings. The minimum atomic E-state index is 0.410. The summed E-state index contributed by atoms with van der Waals surface area (Å²) in [6.07, 6.45) is 8.91. The van der Waals surface area contributed by atoms with Crippen LogP contribution in [0.1, 0.15) is 44.7 Å². The molecule has 1 aromatic rings. The average molecular weight is 244 g/mol. The molecule has 96 valence electrons. The summed E-state index contributed by atoms with van der Waals surface area (Å²) in [6.45, 7) is 2.44. The van der Waals surface area contributed by atoms with Crippen LogP contribution in [0.3, 0.4) is 0 Å². The molecule has 2 rings (SSSR count). The molecular weight excluding hydrogens is 224 g/mol. The molecule has 0 bridgehead atoms. The van der Waals surface area contributed by atoms with Crippen molar-refractivity contribution in [2.45, 2.75) is 45.4 Å². The molecule has 1 heterocycles. The van der Waals surface area contributed by atoms with E-state index in [-0.39, 0.29) is 0 Å². The molecule has 0 aromatic carbocycles. The van der Waals surface area contributed by atoms with Crippen molar-refractivity contribution in [1.82, 2.24) is 9.97 Å². The Balaban J connectivity index is 1.87. The lowest BCUT2D eigenvalue weighted by Crippen LogP contribution is -2.03. The molecule has 0 spiro atoms. The van der Waals surface area contributed by atoms with Crippen LogP contribution in [-0.2, 0) is 6.42 Å². The number of nitrogens with zero attached hydrogens (tertiary/aromatic N) is 2. The monoisotopic (exact) mass is 244 g/mol. The van der Waals surface area contributed by atoms with Crippen molar-refractivity contribution >= 4 is 0 Å². The van der Waals surface area contributed by atoms with Crippen LogP contribution in [-0.4, -0.2) is 16.6 Å². The maximum atomic E-state index is 5.49. The highest BCUT2D eigenvalue weighted by Gasteiger charge is 2.16. The van der Waals surface area contributed by atoms with Gasteiger partial charge in [0, 0.05) is 18.2 Å². The van der Waals surface area contributed by atoms with E-state index in [1.54, 1.807) is 6.33 Å². The van der Waals surface area contributed by atoms with Crippen molar-refractivity contribution in [3.63, 3.8) is 0 Å². The maximum absolute atomic E-state index is 5.49. The van der Waals surface area contributed by atoms with Crippen LogP contribution >= 0.6 is 0 Å². The summed E-state index contributed by atoms with van der Waals surface area (Å²) >= 11 is 0. The quantitative estimate of drug-likeness (QED) is 0.764. The van der Waals surface area contributed by atoms with E-state index in [9.17, 15) is 0 Å². The summed E-state index contributed by atoms with van der Waals surface area (Å²) in [5.74, 6) is 7.36. The molecule has 0 aliphatic heterocycles. The third-order valence-corrected chi connectivity index (χ3v) is 3.27. The standard InChI is InChI=1S/C15H20N2O/c1-2-3-6-9-18-15-11-14(16-12-17-15)10-13-7-4-5-8-13/h11-13H,2,4-5,7-10H2,1H3. The molecule has 0 radical (unpaired) electrons. The molecule has 3 nitrogen and oxygen atoms in total. The van der Waals surface area contributed by atoms with Crippen LogP contribution in [0.15, 0.2) is 12.4 Å². The molecule has 3 heteroatoms. The summed E-state index contributed by atoms with van der Waals surface area (Å²) < 4.78 is 5.49. The Bertz CT molecular complexity index is 428. The van der Waals surface area contributed by atoms with Crippen LogP contribution in [0.5, 0.6) is 5.88 Å². The van der Waals surface area contributed by atoms with Gasteiger partial charge in [-0.1, -0.05) is 38.5 Å². The van der Waals surface area contributed by atoms with Gasteiger partial charge in [0.1, 0.15) is 6.33 Å². The van der Waals surface area contributed by atoms with Gasteiger partial charge in [-0.05, 0) is 12.3 Å². The minimum absolute atomic E-state index is 0.410. The van der Waals surface area contributed by atoms with Gasteiger partial charge in [0.25, 0.3) is 0 Å². The first-order chi connectivity index (χ1) is 8.88. The van der Waals surface area contributed by atoms with Gasteiger partial charge >= 0.3 is 0 Å². The van der Waals surface area contributed by atoms with Gasteiger partial charge in [-0.25, -0.2) is 9.97 Å². The van der Waals surface area contributed by atoms with Gasteiger partial charge in [-0.15, -0.1) is 5.92 Å². The summed E-state index contributed by atoms with van der Waals surface area (Å²) in [4.78, 5) is 8.43. The van der Waals surface area contributed by atoms with Crippen molar-refractivity contribution < 1.29 is 4.74 Å². The Hall–Kier alpha value is -1.56. The Kier molecular flexibility index (Phi) is 5.01. The number of hydrogen-bond donors (Lipinski definition) is 0. The predicted octanol–water partition coefficient (Wildman–Crippen LogP) is 3.00. The summed E-state index contributed by atoms with van der Waals surface area (Å²) in [5, 5.41) is 0. The van der Waals surface area contributed by atoms with Crippen LogP contribution < -0.4 is 4.74 Å². The summed E-state index contributed by atoms with van der Waals surface area (Å²) in [5.41, 5.74) is 1.09. The molecule has 1 aliphatic carbocycles. The molecule has 0 saturated heterocycles. The fourth-order valence-electron chi connectivity index (χ4n) is 2.36. The van der Waals surface area contributed by atoms with E-state index in [0.717, 1.165) is 24.5 Å². The molecule has 1 saturated carbocycles. The second-order valence-corrected chi connectivity index (χ2v) is 4.70. The summed E-state index contributed by atoms with van der Waals surface area (Å²) in [7, 11) is 0. The first-order valence-electron chi connectivity index (χ1n) is 6.78. The smallest absolute Gasteiger partial charge is 0.217 e. The highest BCUT2D eigenvalue weighted by atomic mass is 16.5. The van der Waals surface area contributed by atoms with Gasteiger partial charge in [0.05, 0.1) is 0 Å². The SMILES string of the molecule is CCC#CCOc1cc(CC2CCCC2)ncn1. The number of rotatable bonds is 4. The lowest BCUT2D eigenvalue weighted by molar-refractivity contribution is 0.353. The third kappa shape index (κ3) is 4.03. The van der Waals surface area contributed by atoms with Crippen LogP contribution in [0.2, 0.25) is 0 Å². The molecule has 1 aromatic heterocycles. The van der Waals surface area contributed by atoms with Crippen molar-refractivity contribution in [3.05, 3.63) is 18.1 Å². The average Bonchev–Trinajstić information content (AvgIpc) is 2.88. The second-order valence-electron chi connectivity index (χ2n) is 4.70. The molecular formula is C15H20N2O. The Labute approximate surface area is 109 Å². The topological polar surface area (TPSA) is 35.0 Å². The fourth-order valence-corrected chi connectivity index (χ4v) is 2.36. The highest BCUT2D eigenvalue weighted by molar-refractivity contribution is 5.15. The first kappa shape index (κ1) is 12.9. The van der Waals surface area contributed by atoms with Gasteiger partial charge in [0.2, 0.25) is 5.88 Å². The molecule has 0 amide bonds. The first-order valence-corrected chi connectivity index (χ1v) is 6.78. The fraction of sp³-hybridized carbons (Fsp3) is 0.600. The van der Waals surface area contributed by atoms with E-state index in [1.165, 1.54) is 25.7 Å². The molecule has 1 aliphatic rings. The lowest BCUT2D eigenvalue weighted by Gasteiger charge is -2.08. The van der Waals surface area contributed by atoms with Crippen molar-refractivity contribution in [2.24, 2.45) is 5.92 Å². The zero-order chi connectivity index (χ0) is 12.6. The van der Waals surface area contributed by atoms with Gasteiger partial charge < -0.3 is 4.74 Å². The molecule has 0 N–H and O–H groups in total. The second kappa shape index (κ2) is 7.00. The lowest BCUT2D eigenvalue weighted by atomic mass is 10.0. The largest absolute Gasteiger partial charge is 0.464 e. The Morgan fingerprint density at radius 2 is 2.11 bits per heavy atom. The van der Waals surface area contributed by atoms with E-state index in [2.05, 4.69) is 21.8 Å². The molecule has 18 heavy (non-hydrogen) atoms. The van der Waals surface area contributed by atoms with E-state index >= 15 is 0 Å². The normalized spacial score (nSPS) is 15.2. The van der Waals surface area contributed by atoms with E-state index in [0.29, 0.717) is 12.5 Å². The van der Waals surface area contributed by atoms with Crippen LogP contribution in [0, 0.1) is 17.8 Å². The summed E-state index contributed by atoms with van der Waals surface area (Å²) in [6, 6.07) is 1.95. The highest BCUT2D eigenvalue weighted by Crippen LogP contribution is 2.27. The van der Waals surface area contributed by atoms with Crippen molar-refractivity contribution in [2.75, 3.05) is 6.61 Å². The molecule has 0 atom stereocenters. The third-order valence-electron chi connectivity index (χ3n) is 3.27. The van der Waals surface area contributed by atoms with E-state index in [1.807, 2.05) is 13.0 Å². The van der Waals surface area contributed by atoms with E-state index < -0.39 is 0 Å². The number of ether oxygens (including phenoxy) is 1. The predicted molar refractivity (Wildman–Crippen MR) is 71.3 cm³/mol. The number of hydrogen-bond acceptors (Lipinski definition) is 3. The van der Waals surface area contributed by atoms with E-state index in [4.69, 9.17) is 4.74 Å². The van der Waals surface area contributed by atoms with Crippen molar-refractivity contribution in [3.8, 4) is 17.7 Å². The zero-order valence-electron chi connectivity index (χ0n) is 11.0. The van der Waals surface area contributed by atoms with Gasteiger partial charge in [0.15, 0.2) is 6.61 Å². The van der Waals surface area contributed by atoms with Gasteiger partial charge in [-0.3, -0.25) is 0 Å². The van der Waals surface area contributed by atoms with Gasteiger partial charge in [-0.2, -0.15) is 0 Å². The number of aromatic nitrogens is 2.